The van der Waals surface area contributed by atoms with Crippen molar-refractivity contribution in [2.75, 3.05) is 0 Å². The number of para-hydroxylation sites is 1. The molecule has 0 saturated heterocycles. The van der Waals surface area contributed by atoms with E-state index in [4.69, 9.17) is 16.6 Å². The summed E-state index contributed by atoms with van der Waals surface area (Å²) >= 11 is 8.00. The van der Waals surface area contributed by atoms with Crippen LogP contribution in [0, 0.1) is 0 Å². The van der Waals surface area contributed by atoms with Crippen molar-refractivity contribution in [2.24, 2.45) is 0 Å². The van der Waals surface area contributed by atoms with Gasteiger partial charge in [-0.15, -0.1) is 11.3 Å². The number of nitrogens with zero attached hydrogens (tertiary/aromatic N) is 1. The van der Waals surface area contributed by atoms with Gasteiger partial charge in [-0.3, -0.25) is 0 Å². The molecule has 0 spiro atoms. The van der Waals surface area contributed by atoms with Gasteiger partial charge in [0.1, 0.15) is 5.01 Å². The first-order valence-corrected chi connectivity index (χ1v) is 9.98. The average molecular weight is 379 g/mol. The van der Waals surface area contributed by atoms with Crippen LogP contribution in [-0.4, -0.2) is 13.9 Å². The summed E-state index contributed by atoms with van der Waals surface area (Å²) in [7, 11) is -1.24. The Balaban J connectivity index is 2.07. The van der Waals surface area contributed by atoms with Crippen LogP contribution in [0.2, 0.25) is 5.02 Å². The minimum Gasteiger partial charge on any atom is -0.242 e. The number of halogens is 1. The van der Waals surface area contributed by atoms with Crippen molar-refractivity contribution in [3.8, 4) is 0 Å². The Morgan fingerprint density at radius 2 is 1.79 bits per heavy atom. The fraction of sp³-hybridized carbons (Fsp3) is 0.278. The zero-order valence-corrected chi connectivity index (χ0v) is 16.1. The second-order valence-electron chi connectivity index (χ2n) is 6.47. The van der Waals surface area contributed by atoms with Crippen molar-refractivity contribution in [3.05, 3.63) is 64.1 Å². The monoisotopic (exact) mass is 378 g/mol. The molecule has 0 fully saturated rings. The normalized spacial score (nSPS) is 14.7. The molecule has 1 N–H and O–H groups in total. The predicted octanol–water partition coefficient (Wildman–Crippen LogP) is 5.09. The summed E-state index contributed by atoms with van der Waals surface area (Å²) in [5.41, 5.74) is 1.83. The highest BCUT2D eigenvalue weighted by atomic mass is 35.5. The quantitative estimate of drug-likeness (QED) is 0.686. The van der Waals surface area contributed by atoms with Gasteiger partial charge in [0.05, 0.1) is 32.0 Å². The molecular weight excluding hydrogens is 360 g/mol. The van der Waals surface area contributed by atoms with E-state index in [-0.39, 0.29) is 10.8 Å². The van der Waals surface area contributed by atoms with Crippen LogP contribution in [0.1, 0.15) is 37.4 Å². The van der Waals surface area contributed by atoms with Crippen molar-refractivity contribution in [1.82, 2.24) is 9.71 Å². The molecule has 126 valence electrons. The lowest BCUT2D eigenvalue weighted by Gasteiger charge is -2.24. The van der Waals surface area contributed by atoms with Gasteiger partial charge in [0, 0.05) is 5.02 Å². The summed E-state index contributed by atoms with van der Waals surface area (Å²) in [6.45, 7) is 5.83. The van der Waals surface area contributed by atoms with Gasteiger partial charge in [-0.1, -0.05) is 41.9 Å². The molecule has 1 aromatic heterocycles. The predicted molar refractivity (Wildman–Crippen MR) is 104 cm³/mol. The minimum absolute atomic E-state index is 0.309. The van der Waals surface area contributed by atoms with E-state index in [1.54, 1.807) is 11.3 Å². The van der Waals surface area contributed by atoms with E-state index in [1.165, 1.54) is 0 Å². The molecule has 2 aromatic carbocycles. The number of aromatic nitrogens is 1. The zero-order chi connectivity index (χ0) is 17.3. The topological polar surface area (TPSA) is 42.0 Å². The van der Waals surface area contributed by atoms with Gasteiger partial charge >= 0.3 is 0 Å². The van der Waals surface area contributed by atoms with Gasteiger partial charge in [-0.25, -0.2) is 13.9 Å². The highest BCUT2D eigenvalue weighted by Gasteiger charge is 2.27. The third-order valence-corrected chi connectivity index (χ3v) is 6.56. The van der Waals surface area contributed by atoms with Crippen molar-refractivity contribution >= 4 is 44.1 Å². The maximum absolute atomic E-state index is 12.7. The Kier molecular flexibility index (Phi) is 5.06. The SMILES string of the molecule is CC(C)(C)S(=O)N[C@H](c1nc2ccccc2s1)c1ccccc1Cl. The second kappa shape index (κ2) is 6.92. The highest BCUT2D eigenvalue weighted by molar-refractivity contribution is 7.84. The number of rotatable bonds is 4. The molecule has 6 heteroatoms. The lowest BCUT2D eigenvalue weighted by Crippen LogP contribution is -2.36. The Morgan fingerprint density at radius 1 is 1.12 bits per heavy atom. The minimum atomic E-state index is -1.24. The first-order chi connectivity index (χ1) is 11.4. The van der Waals surface area contributed by atoms with Gasteiger partial charge in [-0.05, 0) is 44.5 Å². The highest BCUT2D eigenvalue weighted by Crippen LogP contribution is 2.34. The van der Waals surface area contributed by atoms with E-state index in [0.29, 0.717) is 5.02 Å². The Labute approximate surface area is 153 Å². The lowest BCUT2D eigenvalue weighted by molar-refractivity contribution is 0.623. The lowest BCUT2D eigenvalue weighted by atomic mass is 10.1. The molecule has 3 nitrogen and oxygen atoms in total. The molecule has 1 heterocycles. The van der Waals surface area contributed by atoms with E-state index in [9.17, 15) is 4.21 Å². The van der Waals surface area contributed by atoms with Crippen LogP contribution in [0.25, 0.3) is 10.2 Å². The molecule has 3 aromatic rings. The van der Waals surface area contributed by atoms with E-state index in [0.717, 1.165) is 20.8 Å². The molecule has 0 radical (unpaired) electrons. The van der Waals surface area contributed by atoms with Gasteiger partial charge < -0.3 is 0 Å². The number of hydrogen-bond donors (Lipinski definition) is 1. The van der Waals surface area contributed by atoms with E-state index < -0.39 is 11.0 Å². The number of thiazole rings is 1. The molecule has 3 rings (SSSR count). The molecular formula is C18H19ClN2OS2. The molecule has 0 saturated carbocycles. The number of fused-ring (bicyclic) bond motifs is 1. The second-order valence-corrected chi connectivity index (χ2v) is 9.94. The van der Waals surface area contributed by atoms with Crippen LogP contribution in [0.15, 0.2) is 48.5 Å². The summed E-state index contributed by atoms with van der Waals surface area (Å²) in [5.74, 6) is 0. The Hall–Kier alpha value is -1.27. The van der Waals surface area contributed by atoms with Gasteiger partial charge in [0.25, 0.3) is 0 Å². The van der Waals surface area contributed by atoms with Gasteiger partial charge in [0.15, 0.2) is 0 Å². The molecule has 1 unspecified atom stereocenters. The van der Waals surface area contributed by atoms with Crippen LogP contribution in [0.3, 0.4) is 0 Å². The molecule has 0 aliphatic heterocycles. The summed E-state index contributed by atoms with van der Waals surface area (Å²) < 4.78 is 16.6. The van der Waals surface area contributed by atoms with Crippen molar-refractivity contribution < 1.29 is 4.21 Å². The van der Waals surface area contributed by atoms with Gasteiger partial charge in [-0.2, -0.15) is 0 Å². The zero-order valence-electron chi connectivity index (χ0n) is 13.7. The molecule has 2 atom stereocenters. The van der Waals surface area contributed by atoms with E-state index >= 15 is 0 Å². The van der Waals surface area contributed by atoms with E-state index in [2.05, 4.69) is 4.72 Å². The maximum atomic E-state index is 12.7. The molecule has 0 amide bonds. The van der Waals surface area contributed by atoms with Crippen LogP contribution in [0.4, 0.5) is 0 Å². The Morgan fingerprint density at radius 3 is 2.46 bits per heavy atom. The fourth-order valence-corrected chi connectivity index (χ4v) is 4.42. The largest absolute Gasteiger partial charge is 0.242 e. The fourth-order valence-electron chi connectivity index (χ4n) is 2.25. The first kappa shape index (κ1) is 17.5. The van der Waals surface area contributed by atoms with E-state index in [1.807, 2.05) is 69.3 Å². The number of benzene rings is 2. The standard InChI is InChI=1S/C18H19ClN2OS2/c1-18(2,3)24(22)21-16(12-8-4-5-9-13(12)19)17-20-14-10-6-7-11-15(14)23-17/h4-11,16,21H,1-3H3/t16-,24?/m0/s1. The molecule has 0 aliphatic carbocycles. The van der Waals surface area contributed by atoms with Crippen molar-refractivity contribution in [2.45, 2.75) is 31.6 Å². The summed E-state index contributed by atoms with van der Waals surface area (Å²) in [6, 6.07) is 15.3. The summed E-state index contributed by atoms with van der Waals surface area (Å²) in [6.07, 6.45) is 0. The smallest absolute Gasteiger partial charge is 0.116 e. The number of hydrogen-bond acceptors (Lipinski definition) is 3. The van der Waals surface area contributed by atoms with Gasteiger partial charge in [0.2, 0.25) is 0 Å². The first-order valence-electron chi connectivity index (χ1n) is 7.64. The van der Waals surface area contributed by atoms with Crippen molar-refractivity contribution in [1.29, 1.82) is 0 Å². The maximum Gasteiger partial charge on any atom is 0.116 e. The van der Waals surface area contributed by atoms with Crippen LogP contribution in [0.5, 0.6) is 0 Å². The van der Waals surface area contributed by atoms with Crippen molar-refractivity contribution in [3.63, 3.8) is 0 Å². The van der Waals surface area contributed by atoms with Crippen LogP contribution in [-0.2, 0) is 11.0 Å². The molecule has 0 bridgehead atoms. The average Bonchev–Trinajstić information content (AvgIpc) is 2.96. The third kappa shape index (κ3) is 3.70. The Bertz CT molecular complexity index is 853. The molecule has 0 aliphatic rings. The van der Waals surface area contributed by atoms with Crippen LogP contribution >= 0.6 is 22.9 Å². The summed E-state index contributed by atoms with van der Waals surface area (Å²) in [4.78, 5) is 4.73. The summed E-state index contributed by atoms with van der Waals surface area (Å²) in [5, 5.41) is 1.50. The number of nitrogens with one attached hydrogen (secondary N) is 1. The third-order valence-electron chi connectivity index (χ3n) is 3.55. The molecule has 24 heavy (non-hydrogen) atoms. The van der Waals surface area contributed by atoms with Crippen LogP contribution < -0.4 is 4.72 Å².